The number of nitrogens with zero attached hydrogens (tertiary/aromatic N) is 6. The van der Waals surface area contributed by atoms with E-state index in [1.165, 1.54) is 80.0 Å². The van der Waals surface area contributed by atoms with Gasteiger partial charge < -0.3 is 48.5 Å². The molecule has 0 spiro atoms. The van der Waals surface area contributed by atoms with Crippen LogP contribution >= 0.6 is 0 Å². The number of allylic oxidation sites excluding steroid dienone is 10. The lowest BCUT2D eigenvalue weighted by Crippen LogP contribution is -2.47. The van der Waals surface area contributed by atoms with Crippen LogP contribution in [0.15, 0.2) is 75.6 Å². The molecule has 2 aliphatic heterocycles. The van der Waals surface area contributed by atoms with E-state index in [0.29, 0.717) is 48.4 Å². The fraction of sp³-hybridized carbons (Fsp3) is 0.638. The van der Waals surface area contributed by atoms with Crippen molar-refractivity contribution in [3.8, 4) is 0 Å². The number of methoxy groups -OCH3 is 2. The predicted molar refractivity (Wildman–Crippen MR) is 338 cm³/mol. The van der Waals surface area contributed by atoms with Crippen LogP contribution in [0.3, 0.4) is 0 Å². The van der Waals surface area contributed by atoms with E-state index in [1.807, 2.05) is 37.8 Å². The fourth-order valence-corrected chi connectivity index (χ4v) is 14.3. The normalized spacial score (nSPS) is 25.4. The van der Waals surface area contributed by atoms with Crippen molar-refractivity contribution < 1.29 is 48.1 Å². The lowest BCUT2D eigenvalue weighted by atomic mass is 9.52. The number of hydrogen-bond acceptors (Lipinski definition) is 15. The van der Waals surface area contributed by atoms with Crippen LogP contribution < -0.4 is 0 Å². The minimum atomic E-state index is -0.361. The zero-order valence-corrected chi connectivity index (χ0v) is 53.8. The number of amides is 1. The standard InChI is InChI=1S/C40H59N3O4.C23H31N3O3.C2H4O2.C2H4O.C2H6/c1-29(45)47-38-19-18-37-35-16-12-31-26-33(46)15-17-34(31)39(35)36(27-40(37,38)2)30-10-13-32(14-11-30)41(3)20-8-6-4-5-7-9-21-42-22-24-43(28-44)25-23-42;1-15(17(13-27)14-28-5)9-21-23-16(11-26(21)4)10-18-19(12-25(2)3)22(29-6)8-7-20(18)24-23;3-1-2-4;1-2-3;1-2/h10,13,26,28,35-38H,4-9,11-12,14-25,27H2,1-3H3;7-10,13,19,22H,11-12,14H2,1-6H3;1,4H,2H2;2H,1H3;1-2H3/b;17-15+,21-9-;;;/t35?,36-,37?,38?,40+;;;;/m1..../s1. The summed E-state index contributed by atoms with van der Waals surface area (Å²) in [5.41, 5.74) is 14.5. The highest BCUT2D eigenvalue weighted by atomic mass is 16.5. The summed E-state index contributed by atoms with van der Waals surface area (Å²) in [6.45, 7) is 19.1. The van der Waals surface area contributed by atoms with Gasteiger partial charge in [-0.15, -0.1) is 0 Å². The molecule has 0 bridgehead atoms. The number of unbranched alkanes of at least 4 members (excludes halogenated alkanes) is 5. The first kappa shape index (κ1) is 70.1. The molecular formula is C69H104N6O10. The van der Waals surface area contributed by atoms with E-state index in [2.05, 4.69) is 85.1 Å². The quantitative estimate of drug-likeness (QED) is 0.0531. The Kier molecular flexibility index (Phi) is 29.1. The van der Waals surface area contributed by atoms with Crippen LogP contribution in [0.2, 0.25) is 0 Å². The average Bonchev–Trinajstić information content (AvgIpc) is 1.85. The number of aromatic nitrogens is 1. The number of ether oxygens (including phenoxy) is 3. The van der Waals surface area contributed by atoms with Crippen molar-refractivity contribution in [3.63, 3.8) is 0 Å². The summed E-state index contributed by atoms with van der Waals surface area (Å²) >= 11 is 0. The molecule has 1 saturated heterocycles. The molecule has 9 rings (SSSR count). The molecule has 16 heteroatoms. The van der Waals surface area contributed by atoms with Crippen LogP contribution in [0, 0.1) is 23.2 Å². The lowest BCUT2D eigenvalue weighted by molar-refractivity contribution is -0.154. The molecule has 3 fully saturated rings. The Morgan fingerprint density at radius 1 is 0.906 bits per heavy atom. The van der Waals surface area contributed by atoms with Gasteiger partial charge in [0, 0.05) is 116 Å². The van der Waals surface area contributed by atoms with Crippen LogP contribution in [-0.4, -0.2) is 185 Å². The van der Waals surface area contributed by atoms with Crippen molar-refractivity contribution in [1.29, 1.82) is 0 Å². The molecule has 3 heterocycles. The Morgan fingerprint density at radius 3 is 2.21 bits per heavy atom. The molecule has 85 heavy (non-hydrogen) atoms. The maximum absolute atomic E-state index is 12.4. The van der Waals surface area contributed by atoms with Gasteiger partial charge in [-0.3, -0.25) is 24.1 Å². The number of aldehydes is 3. The number of fused-ring (bicyclic) bond motifs is 6. The van der Waals surface area contributed by atoms with Gasteiger partial charge in [-0.1, -0.05) is 69.8 Å². The van der Waals surface area contributed by atoms with Gasteiger partial charge in [0.25, 0.3) is 0 Å². The van der Waals surface area contributed by atoms with Gasteiger partial charge in [-0.25, -0.2) is 4.98 Å². The fourth-order valence-electron chi connectivity index (χ4n) is 14.3. The third-order valence-corrected chi connectivity index (χ3v) is 18.5. The highest BCUT2D eigenvalue weighted by Crippen LogP contribution is 2.64. The number of ketones is 1. The Balaban J connectivity index is 0.000000296. The summed E-state index contributed by atoms with van der Waals surface area (Å²) in [5.74, 6) is 1.87. The minimum Gasteiger partial charge on any atom is -0.462 e. The van der Waals surface area contributed by atoms with Crippen LogP contribution in [0.25, 0.3) is 11.8 Å². The van der Waals surface area contributed by atoms with E-state index < -0.39 is 0 Å². The van der Waals surface area contributed by atoms with Crippen molar-refractivity contribution >= 4 is 48.8 Å². The maximum Gasteiger partial charge on any atom is 0.302 e. The summed E-state index contributed by atoms with van der Waals surface area (Å²) in [6.07, 6.45) is 32.8. The molecule has 1 aromatic heterocycles. The molecule has 6 aliphatic carbocycles. The number of likely N-dealkylation sites (N-methyl/N-ethyl adjacent to an activating group) is 1. The SMILES string of the molecule is CC.CC(=O)OC1CCC2C3CCC4=CC(=O)CCC4=C3[C@@H](C3=CC=C(N(C)CCCCCCCCN4CCN(C=O)CC4)CC3)C[C@]12C.CC=O.COC/C(C=O)=C(C)/C=C1/c2nc3c(cc2CN1C)C(CN(C)C)C(OC)C=C3.O=CCO. The molecule has 0 radical (unpaired) electrons. The first-order chi connectivity index (χ1) is 41.0. The zero-order valence-electron chi connectivity index (χ0n) is 53.8. The number of carbonyl (C=O) groups excluding carboxylic acids is 6. The van der Waals surface area contributed by atoms with Crippen LogP contribution in [0.1, 0.15) is 166 Å². The topological polar surface area (TPSA) is 179 Å². The number of rotatable bonds is 21. The molecule has 7 atom stereocenters. The highest BCUT2D eigenvalue weighted by molar-refractivity contribution is 5.93. The molecule has 8 aliphatic rings. The predicted octanol–water partition coefficient (Wildman–Crippen LogP) is 10.1. The van der Waals surface area contributed by atoms with Gasteiger partial charge in [0.1, 0.15) is 25.0 Å². The molecule has 5 unspecified atom stereocenters. The molecule has 1 aromatic rings. The number of pyridine rings is 1. The third-order valence-electron chi connectivity index (χ3n) is 18.5. The number of carbonyl (C=O) groups is 6. The van der Waals surface area contributed by atoms with Crippen molar-refractivity contribution in [1.82, 2.24) is 29.5 Å². The summed E-state index contributed by atoms with van der Waals surface area (Å²) < 4.78 is 16.9. The summed E-state index contributed by atoms with van der Waals surface area (Å²) in [4.78, 5) is 80.8. The van der Waals surface area contributed by atoms with E-state index in [4.69, 9.17) is 33.9 Å². The van der Waals surface area contributed by atoms with Gasteiger partial charge in [-0.2, -0.15) is 0 Å². The van der Waals surface area contributed by atoms with Gasteiger partial charge in [0.2, 0.25) is 6.41 Å². The Labute approximate surface area is 509 Å². The zero-order chi connectivity index (χ0) is 62.2. The second-order valence-corrected chi connectivity index (χ2v) is 24.3. The summed E-state index contributed by atoms with van der Waals surface area (Å²) in [7, 11) is 11.8. The van der Waals surface area contributed by atoms with E-state index in [-0.39, 0.29) is 36.1 Å². The molecule has 1 N–H and O–H groups in total. The molecule has 1 amide bonds. The number of piperazine rings is 1. The molecule has 2 saturated carbocycles. The largest absolute Gasteiger partial charge is 0.462 e. The van der Waals surface area contributed by atoms with Crippen molar-refractivity contribution in [2.75, 3.05) is 101 Å². The van der Waals surface area contributed by atoms with E-state index in [9.17, 15) is 19.2 Å². The number of hydrogen-bond donors (Lipinski definition) is 1. The van der Waals surface area contributed by atoms with Crippen LogP contribution in [0.5, 0.6) is 0 Å². The Morgan fingerprint density at radius 2 is 1.60 bits per heavy atom. The Bertz CT molecular complexity index is 2640. The first-order valence-electron chi connectivity index (χ1n) is 31.6. The monoisotopic (exact) mass is 1180 g/mol. The second kappa shape index (κ2) is 35.2. The highest BCUT2D eigenvalue weighted by Gasteiger charge is 2.58. The molecule has 16 nitrogen and oxygen atoms in total. The third kappa shape index (κ3) is 18.7. The smallest absolute Gasteiger partial charge is 0.302 e. The van der Waals surface area contributed by atoms with E-state index >= 15 is 0 Å². The van der Waals surface area contributed by atoms with Crippen molar-refractivity contribution in [2.24, 2.45) is 23.2 Å². The van der Waals surface area contributed by atoms with Gasteiger partial charge in [0.15, 0.2) is 5.78 Å². The van der Waals surface area contributed by atoms with Crippen molar-refractivity contribution in [3.05, 3.63) is 98.1 Å². The van der Waals surface area contributed by atoms with Gasteiger partial charge in [-0.05, 0) is 169 Å². The summed E-state index contributed by atoms with van der Waals surface area (Å²) in [5, 5.41) is 7.51. The Hall–Kier alpha value is -5.65. The molecule has 0 aromatic carbocycles. The molecular weight excluding hydrogens is 1070 g/mol. The maximum atomic E-state index is 12.4. The summed E-state index contributed by atoms with van der Waals surface area (Å²) in [6, 6.07) is 2.29. The number of aliphatic hydroxyl groups excluding tert-OH is 1. The first-order valence-corrected chi connectivity index (χ1v) is 31.6. The van der Waals surface area contributed by atoms with Crippen LogP contribution in [-0.2, 0) is 49.5 Å². The number of aliphatic hydroxyl groups is 1. The van der Waals surface area contributed by atoms with E-state index in [0.717, 1.165) is 139 Å². The van der Waals surface area contributed by atoms with E-state index in [1.54, 1.807) is 32.3 Å². The van der Waals surface area contributed by atoms with Crippen molar-refractivity contribution in [2.45, 2.75) is 163 Å². The number of esters is 1. The average molecular weight is 1180 g/mol. The minimum absolute atomic E-state index is 0.00495. The lowest BCUT2D eigenvalue weighted by Gasteiger charge is -2.52. The van der Waals surface area contributed by atoms with Crippen LogP contribution in [0.4, 0.5) is 0 Å². The van der Waals surface area contributed by atoms with Gasteiger partial charge >= 0.3 is 5.97 Å². The van der Waals surface area contributed by atoms with Gasteiger partial charge in [0.05, 0.1) is 36.4 Å². The second-order valence-electron chi connectivity index (χ2n) is 24.3. The molecule has 470 valence electrons.